The molecule has 1 heteroatoms. The molecule has 8 heavy (non-hydrogen) atoms. The van der Waals surface area contributed by atoms with Crippen LogP contribution in [0.2, 0.25) is 0 Å². The minimum absolute atomic E-state index is 0.343. The molecule has 0 spiro atoms. The van der Waals surface area contributed by atoms with Crippen molar-refractivity contribution in [2.45, 2.75) is 32.1 Å². The molecule has 0 nitrogen and oxygen atoms in total. The van der Waals surface area contributed by atoms with Crippen molar-refractivity contribution in [3.63, 3.8) is 0 Å². The Morgan fingerprint density at radius 2 is 2.12 bits per heavy atom. The van der Waals surface area contributed by atoms with Gasteiger partial charge in [0.25, 0.3) is 0 Å². The van der Waals surface area contributed by atoms with Crippen LogP contribution in [0.3, 0.4) is 0 Å². The lowest BCUT2D eigenvalue weighted by molar-refractivity contribution is 0.899. The highest BCUT2D eigenvalue weighted by atomic mass is 35.5. The number of rotatable bonds is 0. The van der Waals surface area contributed by atoms with Gasteiger partial charge in [-0.15, -0.1) is 11.6 Å². The van der Waals surface area contributed by atoms with E-state index in [1.807, 2.05) is 0 Å². The van der Waals surface area contributed by atoms with E-state index in [9.17, 15) is 0 Å². The first-order chi connectivity index (χ1) is 3.72. The monoisotopic (exact) mass is 130 g/mol. The molecule has 0 saturated carbocycles. The number of hydrogen-bond acceptors (Lipinski definition) is 0. The summed E-state index contributed by atoms with van der Waals surface area (Å²) in [6.07, 6.45) is 2.36. The second kappa shape index (κ2) is 2.10. The Morgan fingerprint density at radius 1 is 1.50 bits per heavy atom. The summed E-state index contributed by atoms with van der Waals surface area (Å²) in [6.45, 7) is 4.29. The van der Waals surface area contributed by atoms with Gasteiger partial charge in [-0.3, -0.25) is 0 Å². The van der Waals surface area contributed by atoms with E-state index in [0.29, 0.717) is 5.38 Å². The van der Waals surface area contributed by atoms with Crippen molar-refractivity contribution in [1.29, 1.82) is 0 Å². The number of halogens is 1. The number of alkyl halides is 1. The molecule has 0 bridgehead atoms. The van der Waals surface area contributed by atoms with Crippen LogP contribution in [0.5, 0.6) is 0 Å². The molecule has 0 amide bonds. The molecule has 1 aliphatic rings. The summed E-state index contributed by atoms with van der Waals surface area (Å²) in [5.41, 5.74) is 2.89. The molecule has 1 rings (SSSR count). The Labute approximate surface area is 55.5 Å². The van der Waals surface area contributed by atoms with Crippen LogP contribution in [0.25, 0.3) is 0 Å². The maximum absolute atomic E-state index is 5.90. The van der Waals surface area contributed by atoms with Crippen molar-refractivity contribution in [2.24, 2.45) is 0 Å². The van der Waals surface area contributed by atoms with Crippen LogP contribution in [-0.2, 0) is 0 Å². The predicted molar refractivity (Wildman–Crippen MR) is 37.2 cm³/mol. The maximum Gasteiger partial charge on any atom is 0.0548 e. The standard InChI is InChI=1S/C7H11Cl/c1-5-3-4-7(8)6(5)2/h7H,3-4H2,1-2H3. The van der Waals surface area contributed by atoms with Crippen molar-refractivity contribution >= 4 is 11.6 Å². The van der Waals surface area contributed by atoms with Gasteiger partial charge in [-0.1, -0.05) is 11.1 Å². The molecular formula is C7H11Cl. The number of hydrogen-bond donors (Lipinski definition) is 0. The van der Waals surface area contributed by atoms with Gasteiger partial charge in [-0.25, -0.2) is 0 Å². The molecule has 0 aromatic heterocycles. The fraction of sp³-hybridized carbons (Fsp3) is 0.714. The Morgan fingerprint density at radius 3 is 2.25 bits per heavy atom. The summed E-state index contributed by atoms with van der Waals surface area (Å²) < 4.78 is 0. The van der Waals surface area contributed by atoms with Gasteiger partial charge in [0, 0.05) is 0 Å². The lowest BCUT2D eigenvalue weighted by atomic mass is 10.2. The van der Waals surface area contributed by atoms with Gasteiger partial charge in [0.05, 0.1) is 5.38 Å². The highest BCUT2D eigenvalue weighted by molar-refractivity contribution is 6.22. The van der Waals surface area contributed by atoms with Gasteiger partial charge in [-0.2, -0.15) is 0 Å². The third-order valence-electron chi connectivity index (χ3n) is 1.92. The zero-order chi connectivity index (χ0) is 6.15. The summed E-state index contributed by atoms with van der Waals surface area (Å²) in [6, 6.07) is 0. The molecule has 0 heterocycles. The predicted octanol–water partition coefficient (Wildman–Crippen LogP) is 2.72. The third-order valence-corrected chi connectivity index (χ3v) is 2.46. The average Bonchev–Trinajstić information content (AvgIpc) is 1.98. The highest BCUT2D eigenvalue weighted by Gasteiger charge is 2.15. The quantitative estimate of drug-likeness (QED) is 0.350. The highest BCUT2D eigenvalue weighted by Crippen LogP contribution is 2.29. The molecule has 1 unspecified atom stereocenters. The summed E-state index contributed by atoms with van der Waals surface area (Å²) in [7, 11) is 0. The van der Waals surface area contributed by atoms with E-state index in [-0.39, 0.29) is 0 Å². The minimum atomic E-state index is 0.343. The van der Waals surface area contributed by atoms with E-state index in [0.717, 1.165) is 6.42 Å². The zero-order valence-electron chi connectivity index (χ0n) is 5.37. The molecule has 0 aromatic rings. The van der Waals surface area contributed by atoms with Crippen LogP contribution in [0.15, 0.2) is 11.1 Å². The lowest BCUT2D eigenvalue weighted by Gasteiger charge is -1.97. The Kier molecular flexibility index (Phi) is 1.62. The average molecular weight is 131 g/mol. The van der Waals surface area contributed by atoms with Gasteiger partial charge < -0.3 is 0 Å². The largest absolute Gasteiger partial charge is 0.118 e. The van der Waals surface area contributed by atoms with Crippen molar-refractivity contribution in [2.75, 3.05) is 0 Å². The van der Waals surface area contributed by atoms with Crippen LogP contribution >= 0.6 is 11.6 Å². The third kappa shape index (κ3) is 0.899. The van der Waals surface area contributed by atoms with Crippen LogP contribution in [0.4, 0.5) is 0 Å². The van der Waals surface area contributed by atoms with Crippen molar-refractivity contribution < 1.29 is 0 Å². The molecular weight excluding hydrogens is 120 g/mol. The molecule has 0 radical (unpaired) electrons. The smallest absolute Gasteiger partial charge is 0.0548 e. The normalized spacial score (nSPS) is 29.6. The molecule has 0 saturated heterocycles. The van der Waals surface area contributed by atoms with Crippen LogP contribution < -0.4 is 0 Å². The Bertz CT molecular complexity index is 124. The van der Waals surface area contributed by atoms with E-state index in [1.54, 1.807) is 0 Å². The first kappa shape index (κ1) is 6.15. The molecule has 1 atom stereocenters. The molecule has 1 aliphatic carbocycles. The maximum atomic E-state index is 5.90. The van der Waals surface area contributed by atoms with Crippen LogP contribution in [0.1, 0.15) is 26.7 Å². The van der Waals surface area contributed by atoms with Gasteiger partial charge in [0.2, 0.25) is 0 Å². The Hall–Kier alpha value is 0.0300. The van der Waals surface area contributed by atoms with Crippen molar-refractivity contribution in [3.05, 3.63) is 11.1 Å². The summed E-state index contributed by atoms with van der Waals surface area (Å²) >= 11 is 5.90. The molecule has 0 fully saturated rings. The number of allylic oxidation sites excluding steroid dienone is 2. The molecule has 0 N–H and O–H groups in total. The van der Waals surface area contributed by atoms with Crippen molar-refractivity contribution in [3.8, 4) is 0 Å². The van der Waals surface area contributed by atoms with Gasteiger partial charge in [0.1, 0.15) is 0 Å². The summed E-state index contributed by atoms with van der Waals surface area (Å²) in [4.78, 5) is 0. The summed E-state index contributed by atoms with van der Waals surface area (Å²) in [5, 5.41) is 0.343. The molecule has 0 aliphatic heterocycles. The lowest BCUT2D eigenvalue weighted by Crippen LogP contribution is -1.90. The topological polar surface area (TPSA) is 0 Å². The first-order valence-corrected chi connectivity index (χ1v) is 3.46. The molecule has 0 aromatic carbocycles. The zero-order valence-corrected chi connectivity index (χ0v) is 6.13. The van der Waals surface area contributed by atoms with E-state index >= 15 is 0 Å². The van der Waals surface area contributed by atoms with Crippen LogP contribution in [-0.4, -0.2) is 5.38 Å². The van der Waals surface area contributed by atoms with Crippen molar-refractivity contribution in [1.82, 2.24) is 0 Å². The van der Waals surface area contributed by atoms with Gasteiger partial charge >= 0.3 is 0 Å². The summed E-state index contributed by atoms with van der Waals surface area (Å²) in [5.74, 6) is 0. The van der Waals surface area contributed by atoms with Crippen LogP contribution in [0, 0.1) is 0 Å². The fourth-order valence-electron chi connectivity index (χ4n) is 1.02. The SMILES string of the molecule is CC1=C(C)C(Cl)CC1. The van der Waals surface area contributed by atoms with E-state index in [1.165, 1.54) is 17.6 Å². The molecule has 46 valence electrons. The first-order valence-electron chi connectivity index (χ1n) is 3.02. The Balaban J connectivity index is 2.71. The van der Waals surface area contributed by atoms with Gasteiger partial charge in [0.15, 0.2) is 0 Å². The van der Waals surface area contributed by atoms with E-state index in [2.05, 4.69) is 13.8 Å². The van der Waals surface area contributed by atoms with E-state index < -0.39 is 0 Å². The minimum Gasteiger partial charge on any atom is -0.118 e. The fourth-order valence-corrected chi connectivity index (χ4v) is 1.32. The second-order valence-corrected chi connectivity index (χ2v) is 3.00. The van der Waals surface area contributed by atoms with E-state index in [4.69, 9.17) is 11.6 Å². The van der Waals surface area contributed by atoms with Gasteiger partial charge in [-0.05, 0) is 26.7 Å². The second-order valence-electron chi connectivity index (χ2n) is 2.47.